The summed E-state index contributed by atoms with van der Waals surface area (Å²) in [6.07, 6.45) is -3.79. The molecule has 0 aromatic heterocycles. The predicted octanol–water partition coefficient (Wildman–Crippen LogP) is 2.89. The van der Waals surface area contributed by atoms with Crippen molar-refractivity contribution in [1.82, 2.24) is 0 Å². The van der Waals surface area contributed by atoms with Crippen molar-refractivity contribution in [1.29, 1.82) is 0 Å². The molecule has 3 nitrogen and oxygen atoms in total. The van der Waals surface area contributed by atoms with Gasteiger partial charge in [0.1, 0.15) is 0 Å². The van der Waals surface area contributed by atoms with Gasteiger partial charge in [0.25, 0.3) is 0 Å². The molecule has 0 bridgehead atoms. The van der Waals surface area contributed by atoms with E-state index in [0.717, 1.165) is 6.42 Å². The van der Waals surface area contributed by atoms with Gasteiger partial charge in [0.2, 0.25) is 5.91 Å². The first-order valence-corrected chi connectivity index (χ1v) is 6.50. The quantitative estimate of drug-likeness (QED) is 0.898. The summed E-state index contributed by atoms with van der Waals surface area (Å²) < 4.78 is 36.6. The van der Waals surface area contributed by atoms with Crippen molar-refractivity contribution in [2.24, 2.45) is 5.92 Å². The number of aliphatic hydroxyl groups is 1. The van der Waals surface area contributed by atoms with Crippen molar-refractivity contribution in [2.45, 2.75) is 38.0 Å². The molecule has 2 N–H and O–H groups in total. The van der Waals surface area contributed by atoms with Crippen LogP contribution in [0.3, 0.4) is 0 Å². The molecule has 0 aliphatic heterocycles. The van der Waals surface area contributed by atoms with Crippen molar-refractivity contribution in [3.05, 3.63) is 29.8 Å². The summed E-state index contributed by atoms with van der Waals surface area (Å²) in [5.41, 5.74) is 0.594. The van der Waals surface area contributed by atoms with Gasteiger partial charge in [-0.1, -0.05) is 12.1 Å². The van der Waals surface area contributed by atoms with E-state index < -0.39 is 24.6 Å². The Kier molecular flexibility index (Phi) is 4.32. The fourth-order valence-electron chi connectivity index (χ4n) is 2.42. The molecule has 0 spiro atoms. The number of carbonyl (C=O) groups excluding carboxylic acids is 1. The zero-order valence-electron chi connectivity index (χ0n) is 10.8. The van der Waals surface area contributed by atoms with Gasteiger partial charge in [-0.3, -0.25) is 4.79 Å². The van der Waals surface area contributed by atoms with Gasteiger partial charge in [0.15, 0.2) is 0 Å². The molecular weight excluding hydrogens is 271 g/mol. The van der Waals surface area contributed by atoms with E-state index in [-0.39, 0.29) is 11.5 Å². The minimum Gasteiger partial charge on any atom is -0.392 e. The average molecular weight is 287 g/mol. The van der Waals surface area contributed by atoms with Gasteiger partial charge in [0.05, 0.1) is 18.4 Å². The van der Waals surface area contributed by atoms with E-state index in [1.165, 1.54) is 24.3 Å². The summed E-state index contributed by atoms with van der Waals surface area (Å²) in [5, 5.41) is 12.2. The second-order valence-electron chi connectivity index (χ2n) is 5.08. The maximum Gasteiger partial charge on any atom is 0.393 e. The van der Waals surface area contributed by atoms with Crippen LogP contribution in [-0.2, 0) is 11.2 Å². The molecule has 1 aromatic rings. The van der Waals surface area contributed by atoms with Gasteiger partial charge < -0.3 is 10.4 Å². The van der Waals surface area contributed by atoms with E-state index >= 15 is 0 Å². The fraction of sp³-hybridized carbons (Fsp3) is 0.500. The molecule has 2 unspecified atom stereocenters. The molecule has 0 radical (unpaired) electrons. The first-order chi connectivity index (χ1) is 9.35. The summed E-state index contributed by atoms with van der Waals surface area (Å²) >= 11 is 0. The molecule has 20 heavy (non-hydrogen) atoms. The Morgan fingerprint density at radius 3 is 2.40 bits per heavy atom. The Morgan fingerprint density at radius 2 is 1.90 bits per heavy atom. The topological polar surface area (TPSA) is 49.3 Å². The molecule has 1 fully saturated rings. The monoisotopic (exact) mass is 287 g/mol. The number of carbonyl (C=O) groups is 1. The number of anilines is 1. The van der Waals surface area contributed by atoms with Crippen molar-refractivity contribution in [2.75, 3.05) is 5.32 Å². The number of hydrogen-bond donors (Lipinski definition) is 2. The first-order valence-electron chi connectivity index (χ1n) is 6.50. The second-order valence-corrected chi connectivity index (χ2v) is 5.08. The van der Waals surface area contributed by atoms with Crippen molar-refractivity contribution in [3.63, 3.8) is 0 Å². The third kappa shape index (κ3) is 3.96. The van der Waals surface area contributed by atoms with Crippen LogP contribution in [0, 0.1) is 5.92 Å². The molecule has 110 valence electrons. The third-order valence-corrected chi connectivity index (χ3v) is 3.44. The van der Waals surface area contributed by atoms with Crippen LogP contribution in [0.15, 0.2) is 24.3 Å². The average Bonchev–Trinajstić information content (AvgIpc) is 2.76. The van der Waals surface area contributed by atoms with Gasteiger partial charge in [-0.25, -0.2) is 0 Å². The van der Waals surface area contributed by atoms with Crippen LogP contribution >= 0.6 is 0 Å². The highest BCUT2D eigenvalue weighted by atomic mass is 19.4. The van der Waals surface area contributed by atoms with Crippen LogP contribution in [0.1, 0.15) is 24.8 Å². The Labute approximate surface area is 114 Å². The summed E-state index contributed by atoms with van der Waals surface area (Å²) in [6.45, 7) is 0. The molecule has 1 aliphatic rings. The number of halogens is 3. The van der Waals surface area contributed by atoms with Crippen LogP contribution in [-0.4, -0.2) is 23.3 Å². The molecule has 2 atom stereocenters. The first kappa shape index (κ1) is 14.8. The molecule has 1 saturated carbocycles. The van der Waals surface area contributed by atoms with Gasteiger partial charge >= 0.3 is 6.18 Å². The van der Waals surface area contributed by atoms with Crippen molar-refractivity contribution in [3.8, 4) is 0 Å². The normalized spacial score (nSPS) is 22.8. The molecule has 0 heterocycles. The second kappa shape index (κ2) is 5.83. The van der Waals surface area contributed by atoms with E-state index in [9.17, 15) is 23.1 Å². The zero-order chi connectivity index (χ0) is 14.8. The number of nitrogens with one attached hydrogen (secondary N) is 1. The fourth-order valence-corrected chi connectivity index (χ4v) is 2.42. The highest BCUT2D eigenvalue weighted by Crippen LogP contribution is 2.27. The largest absolute Gasteiger partial charge is 0.393 e. The van der Waals surface area contributed by atoms with Crippen LogP contribution in [0.25, 0.3) is 0 Å². The predicted molar refractivity (Wildman–Crippen MR) is 68.2 cm³/mol. The van der Waals surface area contributed by atoms with Gasteiger partial charge in [-0.15, -0.1) is 0 Å². The van der Waals surface area contributed by atoms with E-state index in [4.69, 9.17) is 0 Å². The van der Waals surface area contributed by atoms with Crippen molar-refractivity contribution >= 4 is 11.6 Å². The maximum atomic E-state index is 12.2. The summed E-state index contributed by atoms with van der Waals surface area (Å²) in [6, 6.07) is 5.57. The molecule has 0 saturated heterocycles. The minimum atomic E-state index is -4.24. The maximum absolute atomic E-state index is 12.2. The lowest BCUT2D eigenvalue weighted by molar-refractivity contribution is -0.127. The number of benzene rings is 1. The van der Waals surface area contributed by atoms with Gasteiger partial charge in [-0.05, 0) is 37.0 Å². The number of alkyl halides is 3. The third-order valence-electron chi connectivity index (χ3n) is 3.44. The van der Waals surface area contributed by atoms with Gasteiger partial charge in [0, 0.05) is 5.69 Å². The summed E-state index contributed by atoms with van der Waals surface area (Å²) in [5.74, 6) is -0.705. The van der Waals surface area contributed by atoms with E-state index in [2.05, 4.69) is 5.32 Å². The molecule has 1 aliphatic carbocycles. The van der Waals surface area contributed by atoms with Crippen LogP contribution < -0.4 is 5.32 Å². The Hall–Kier alpha value is -1.56. The van der Waals surface area contributed by atoms with Gasteiger partial charge in [-0.2, -0.15) is 13.2 Å². The van der Waals surface area contributed by atoms with Crippen LogP contribution in [0.2, 0.25) is 0 Å². The Morgan fingerprint density at radius 1 is 1.25 bits per heavy atom. The molecule has 6 heteroatoms. The molecule has 1 aromatic carbocycles. The standard InChI is InChI=1S/C14H16F3NO2/c15-14(16,17)8-9-4-6-10(7-5-9)18-13(20)11-2-1-3-12(11)19/h4-7,11-12,19H,1-3,8H2,(H,18,20). The van der Waals surface area contributed by atoms with E-state index in [1.807, 2.05) is 0 Å². The SMILES string of the molecule is O=C(Nc1ccc(CC(F)(F)F)cc1)C1CCCC1O. The minimum absolute atomic E-state index is 0.149. The van der Waals surface area contributed by atoms with E-state index in [0.29, 0.717) is 18.5 Å². The zero-order valence-corrected chi connectivity index (χ0v) is 10.8. The van der Waals surface area contributed by atoms with Crippen LogP contribution in [0.5, 0.6) is 0 Å². The lowest BCUT2D eigenvalue weighted by Crippen LogP contribution is -2.28. The number of amides is 1. The summed E-state index contributed by atoms with van der Waals surface area (Å²) in [7, 11) is 0. The smallest absolute Gasteiger partial charge is 0.392 e. The Balaban J connectivity index is 1.95. The number of aliphatic hydroxyl groups excluding tert-OH is 1. The summed E-state index contributed by atoms with van der Waals surface area (Å²) in [4.78, 5) is 11.9. The Bertz CT molecular complexity index is 470. The molecule has 2 rings (SSSR count). The number of rotatable bonds is 3. The van der Waals surface area contributed by atoms with Crippen LogP contribution in [0.4, 0.5) is 18.9 Å². The van der Waals surface area contributed by atoms with E-state index in [1.54, 1.807) is 0 Å². The number of hydrogen-bond acceptors (Lipinski definition) is 2. The van der Waals surface area contributed by atoms with Crippen molar-refractivity contribution < 1.29 is 23.1 Å². The lowest BCUT2D eigenvalue weighted by Gasteiger charge is -2.14. The molecule has 1 amide bonds. The highest BCUT2D eigenvalue weighted by molar-refractivity contribution is 5.93. The lowest BCUT2D eigenvalue weighted by atomic mass is 10.0. The molecular formula is C14H16F3NO2. The highest BCUT2D eigenvalue weighted by Gasteiger charge is 2.31.